The molecular formula is C16H18N2O3. The Morgan fingerprint density at radius 1 is 1.24 bits per heavy atom. The Labute approximate surface area is 123 Å². The first kappa shape index (κ1) is 14.8. The fourth-order valence-electron chi connectivity index (χ4n) is 1.80. The van der Waals surface area contributed by atoms with E-state index < -0.39 is 6.10 Å². The van der Waals surface area contributed by atoms with Gasteiger partial charge in [-0.15, -0.1) is 0 Å². The molecule has 2 aromatic rings. The summed E-state index contributed by atoms with van der Waals surface area (Å²) in [4.78, 5) is 16.1. The predicted octanol–water partition coefficient (Wildman–Crippen LogP) is 2.89. The van der Waals surface area contributed by atoms with Gasteiger partial charge >= 0.3 is 0 Å². The molecule has 1 heterocycles. The summed E-state index contributed by atoms with van der Waals surface area (Å²) in [6.07, 6.45) is 3.26. The molecule has 1 aromatic heterocycles. The SMILES string of the molecule is CCC(Oc1ccc(OC)cc1)C(=O)Nc1cccnc1. The zero-order chi connectivity index (χ0) is 15.1. The largest absolute Gasteiger partial charge is 0.497 e. The van der Waals surface area contributed by atoms with E-state index in [0.29, 0.717) is 17.9 Å². The number of methoxy groups -OCH3 is 1. The van der Waals surface area contributed by atoms with Gasteiger partial charge in [-0.2, -0.15) is 0 Å². The van der Waals surface area contributed by atoms with E-state index >= 15 is 0 Å². The lowest BCUT2D eigenvalue weighted by Gasteiger charge is -2.17. The van der Waals surface area contributed by atoms with Crippen molar-refractivity contribution in [2.45, 2.75) is 19.4 Å². The number of aromatic nitrogens is 1. The highest BCUT2D eigenvalue weighted by Crippen LogP contribution is 2.19. The molecule has 0 spiro atoms. The molecule has 0 aliphatic carbocycles. The number of pyridine rings is 1. The first-order valence-corrected chi connectivity index (χ1v) is 6.74. The summed E-state index contributed by atoms with van der Waals surface area (Å²) in [6.45, 7) is 1.90. The molecular weight excluding hydrogens is 268 g/mol. The second-order valence-electron chi connectivity index (χ2n) is 4.42. The van der Waals surface area contributed by atoms with Crippen LogP contribution >= 0.6 is 0 Å². The third-order valence-electron chi connectivity index (χ3n) is 2.93. The maximum atomic E-state index is 12.2. The molecule has 1 unspecified atom stereocenters. The summed E-state index contributed by atoms with van der Waals surface area (Å²) in [6, 6.07) is 10.7. The van der Waals surface area contributed by atoms with Crippen molar-refractivity contribution >= 4 is 11.6 Å². The highest BCUT2D eigenvalue weighted by Gasteiger charge is 2.18. The smallest absolute Gasteiger partial charge is 0.265 e. The second-order valence-corrected chi connectivity index (χ2v) is 4.42. The number of nitrogens with zero attached hydrogens (tertiary/aromatic N) is 1. The normalized spacial score (nSPS) is 11.5. The molecule has 0 bridgehead atoms. The minimum absolute atomic E-state index is 0.193. The Morgan fingerprint density at radius 3 is 2.52 bits per heavy atom. The van der Waals surface area contributed by atoms with E-state index in [1.807, 2.05) is 6.92 Å². The van der Waals surface area contributed by atoms with Gasteiger partial charge in [0.15, 0.2) is 6.10 Å². The Kier molecular flexibility index (Phi) is 5.15. The van der Waals surface area contributed by atoms with E-state index in [0.717, 1.165) is 5.75 Å². The number of amides is 1. The fraction of sp³-hybridized carbons (Fsp3) is 0.250. The molecule has 21 heavy (non-hydrogen) atoms. The zero-order valence-electron chi connectivity index (χ0n) is 12.1. The molecule has 0 radical (unpaired) electrons. The lowest BCUT2D eigenvalue weighted by Crippen LogP contribution is -2.32. The van der Waals surface area contributed by atoms with Gasteiger partial charge in [0.1, 0.15) is 11.5 Å². The van der Waals surface area contributed by atoms with Gasteiger partial charge < -0.3 is 14.8 Å². The van der Waals surface area contributed by atoms with E-state index in [4.69, 9.17) is 9.47 Å². The molecule has 2 rings (SSSR count). The van der Waals surface area contributed by atoms with Crippen LogP contribution in [0.15, 0.2) is 48.8 Å². The Morgan fingerprint density at radius 2 is 1.95 bits per heavy atom. The average Bonchev–Trinajstić information content (AvgIpc) is 2.54. The Bertz CT molecular complexity index is 570. The van der Waals surface area contributed by atoms with Gasteiger partial charge in [0.05, 0.1) is 19.0 Å². The highest BCUT2D eigenvalue weighted by atomic mass is 16.5. The molecule has 5 heteroatoms. The third-order valence-corrected chi connectivity index (χ3v) is 2.93. The van der Waals surface area contributed by atoms with Gasteiger partial charge in [0, 0.05) is 6.20 Å². The van der Waals surface area contributed by atoms with Gasteiger partial charge in [0.2, 0.25) is 0 Å². The molecule has 0 aliphatic heterocycles. The Hall–Kier alpha value is -2.56. The molecule has 0 saturated heterocycles. The van der Waals surface area contributed by atoms with Crippen LogP contribution in [0.1, 0.15) is 13.3 Å². The quantitative estimate of drug-likeness (QED) is 0.887. The molecule has 1 amide bonds. The van der Waals surface area contributed by atoms with E-state index in [1.165, 1.54) is 0 Å². The van der Waals surface area contributed by atoms with Crippen LogP contribution in [0.4, 0.5) is 5.69 Å². The molecule has 0 aliphatic rings. The number of hydrogen-bond donors (Lipinski definition) is 1. The van der Waals surface area contributed by atoms with Gasteiger partial charge in [-0.25, -0.2) is 0 Å². The van der Waals surface area contributed by atoms with E-state index in [2.05, 4.69) is 10.3 Å². The molecule has 1 N–H and O–H groups in total. The van der Waals surface area contributed by atoms with Crippen molar-refractivity contribution in [2.75, 3.05) is 12.4 Å². The summed E-state index contributed by atoms with van der Waals surface area (Å²) < 4.78 is 10.8. The van der Waals surface area contributed by atoms with Crippen LogP contribution in [0, 0.1) is 0 Å². The van der Waals surface area contributed by atoms with Gasteiger partial charge in [-0.1, -0.05) is 6.92 Å². The van der Waals surface area contributed by atoms with Crippen LogP contribution in [0.25, 0.3) is 0 Å². The van der Waals surface area contributed by atoms with Crippen LogP contribution in [-0.2, 0) is 4.79 Å². The number of carbonyl (C=O) groups is 1. The predicted molar refractivity (Wildman–Crippen MR) is 80.6 cm³/mol. The second kappa shape index (κ2) is 7.28. The summed E-state index contributed by atoms with van der Waals surface area (Å²) in [7, 11) is 1.60. The van der Waals surface area contributed by atoms with Gasteiger partial charge in [-0.05, 0) is 42.8 Å². The number of hydrogen-bond acceptors (Lipinski definition) is 4. The van der Waals surface area contributed by atoms with Crippen molar-refractivity contribution < 1.29 is 14.3 Å². The maximum Gasteiger partial charge on any atom is 0.265 e. The van der Waals surface area contributed by atoms with Gasteiger partial charge in [0.25, 0.3) is 5.91 Å². The number of ether oxygens (including phenoxy) is 2. The lowest BCUT2D eigenvalue weighted by atomic mass is 10.2. The fourth-order valence-corrected chi connectivity index (χ4v) is 1.80. The molecule has 0 saturated carbocycles. The maximum absolute atomic E-state index is 12.2. The molecule has 1 aromatic carbocycles. The van der Waals surface area contributed by atoms with E-state index in [1.54, 1.807) is 55.9 Å². The molecule has 0 fully saturated rings. The summed E-state index contributed by atoms with van der Waals surface area (Å²) in [5.74, 6) is 1.18. The lowest BCUT2D eigenvalue weighted by molar-refractivity contribution is -0.122. The van der Waals surface area contributed by atoms with Crippen LogP contribution in [0.5, 0.6) is 11.5 Å². The van der Waals surface area contributed by atoms with Crippen molar-refractivity contribution in [3.8, 4) is 11.5 Å². The number of carbonyl (C=O) groups excluding carboxylic acids is 1. The van der Waals surface area contributed by atoms with E-state index in [9.17, 15) is 4.79 Å². The van der Waals surface area contributed by atoms with Crippen molar-refractivity contribution in [3.05, 3.63) is 48.8 Å². The Balaban J connectivity index is 1.99. The average molecular weight is 286 g/mol. The molecule has 1 atom stereocenters. The van der Waals surface area contributed by atoms with Crippen LogP contribution in [0.2, 0.25) is 0 Å². The highest BCUT2D eigenvalue weighted by molar-refractivity contribution is 5.94. The number of anilines is 1. The van der Waals surface area contributed by atoms with E-state index in [-0.39, 0.29) is 5.91 Å². The summed E-state index contributed by atoms with van der Waals surface area (Å²) in [5.41, 5.74) is 0.652. The number of benzene rings is 1. The minimum atomic E-state index is -0.557. The van der Waals surface area contributed by atoms with Crippen molar-refractivity contribution in [1.29, 1.82) is 0 Å². The topological polar surface area (TPSA) is 60.5 Å². The summed E-state index contributed by atoms with van der Waals surface area (Å²) in [5, 5.41) is 2.78. The van der Waals surface area contributed by atoms with Crippen LogP contribution in [0.3, 0.4) is 0 Å². The molecule has 110 valence electrons. The van der Waals surface area contributed by atoms with Crippen molar-refractivity contribution in [1.82, 2.24) is 4.98 Å². The first-order valence-electron chi connectivity index (χ1n) is 6.74. The minimum Gasteiger partial charge on any atom is -0.497 e. The van der Waals surface area contributed by atoms with Crippen molar-refractivity contribution in [2.24, 2.45) is 0 Å². The van der Waals surface area contributed by atoms with Crippen LogP contribution < -0.4 is 14.8 Å². The first-order chi connectivity index (χ1) is 10.2. The monoisotopic (exact) mass is 286 g/mol. The van der Waals surface area contributed by atoms with Crippen molar-refractivity contribution in [3.63, 3.8) is 0 Å². The zero-order valence-corrected chi connectivity index (χ0v) is 12.1. The third kappa shape index (κ3) is 4.21. The molecule has 5 nitrogen and oxygen atoms in total. The summed E-state index contributed by atoms with van der Waals surface area (Å²) >= 11 is 0. The van der Waals surface area contributed by atoms with Gasteiger partial charge in [-0.3, -0.25) is 9.78 Å². The van der Waals surface area contributed by atoms with Crippen LogP contribution in [-0.4, -0.2) is 24.1 Å². The number of rotatable bonds is 6. The standard InChI is InChI=1S/C16H18N2O3/c1-3-15(16(19)18-12-5-4-10-17-11-12)21-14-8-6-13(20-2)7-9-14/h4-11,15H,3H2,1-2H3,(H,18,19). The number of nitrogens with one attached hydrogen (secondary N) is 1.